The van der Waals surface area contributed by atoms with Crippen LogP contribution in [-0.4, -0.2) is 17.4 Å². The summed E-state index contributed by atoms with van der Waals surface area (Å²) in [4.78, 5) is 15.9. The minimum absolute atomic E-state index is 0.0297. The Morgan fingerprint density at radius 1 is 1.53 bits per heavy atom. The second kappa shape index (κ2) is 5.77. The van der Waals surface area contributed by atoms with Gasteiger partial charge in [-0.3, -0.25) is 9.78 Å². The highest BCUT2D eigenvalue weighted by atomic mass is 16.1. The maximum atomic E-state index is 11.8. The molecule has 0 atom stereocenters. The molecule has 0 unspecified atom stereocenters. The van der Waals surface area contributed by atoms with Crippen LogP contribution in [0, 0.1) is 5.92 Å². The molecule has 0 saturated heterocycles. The Bertz CT molecular complexity index is 388. The highest BCUT2D eigenvalue weighted by Gasteiger charge is 2.20. The molecule has 1 heterocycles. The summed E-state index contributed by atoms with van der Waals surface area (Å²) in [7, 11) is 0. The Hall–Kier alpha value is -1.42. The second-order valence-electron chi connectivity index (χ2n) is 4.58. The van der Waals surface area contributed by atoms with Crippen LogP contribution in [0.5, 0.6) is 0 Å². The molecule has 17 heavy (non-hydrogen) atoms. The van der Waals surface area contributed by atoms with E-state index in [-0.39, 0.29) is 5.91 Å². The van der Waals surface area contributed by atoms with E-state index < -0.39 is 0 Å². The summed E-state index contributed by atoms with van der Waals surface area (Å²) < 4.78 is 0. The number of pyridine rings is 1. The predicted octanol–water partition coefficient (Wildman–Crippen LogP) is 1.46. The number of aromatic nitrogens is 1. The number of nitrogens with zero attached hydrogens (tertiary/aromatic N) is 1. The van der Waals surface area contributed by atoms with E-state index in [2.05, 4.69) is 10.3 Å². The van der Waals surface area contributed by atoms with Crippen LogP contribution in [0.15, 0.2) is 18.3 Å². The minimum atomic E-state index is -0.0297. The van der Waals surface area contributed by atoms with Crippen molar-refractivity contribution >= 4 is 5.91 Å². The molecular formula is C13H19N3O. The molecule has 0 bridgehead atoms. The Balaban J connectivity index is 1.76. The number of amides is 1. The molecular weight excluding hydrogens is 214 g/mol. The van der Waals surface area contributed by atoms with Gasteiger partial charge in [-0.05, 0) is 30.9 Å². The highest BCUT2D eigenvalue weighted by molar-refractivity contribution is 5.94. The molecule has 1 aromatic heterocycles. The maximum Gasteiger partial charge on any atom is 0.251 e. The van der Waals surface area contributed by atoms with Crippen molar-refractivity contribution in [2.24, 2.45) is 11.7 Å². The van der Waals surface area contributed by atoms with E-state index in [9.17, 15) is 4.79 Å². The molecule has 3 N–H and O–H groups in total. The van der Waals surface area contributed by atoms with E-state index in [1.54, 1.807) is 18.3 Å². The monoisotopic (exact) mass is 233 g/mol. The Labute approximate surface area is 102 Å². The van der Waals surface area contributed by atoms with Crippen LogP contribution < -0.4 is 11.1 Å². The van der Waals surface area contributed by atoms with Gasteiger partial charge in [0.25, 0.3) is 5.91 Å². The standard InChI is InChI=1S/C13H19N3O/c14-9-12-8-11(5-7-15-12)13(17)16-6-1-2-10-3-4-10/h5,7-8,10H,1-4,6,9,14H2,(H,16,17). The molecule has 1 amide bonds. The number of hydrogen-bond acceptors (Lipinski definition) is 3. The molecule has 1 fully saturated rings. The molecule has 0 radical (unpaired) electrons. The zero-order chi connectivity index (χ0) is 12.1. The van der Waals surface area contributed by atoms with Crippen molar-refractivity contribution < 1.29 is 4.79 Å². The van der Waals surface area contributed by atoms with E-state index in [0.29, 0.717) is 12.1 Å². The van der Waals surface area contributed by atoms with Crippen LogP contribution in [-0.2, 0) is 6.54 Å². The lowest BCUT2D eigenvalue weighted by molar-refractivity contribution is 0.0952. The summed E-state index contributed by atoms with van der Waals surface area (Å²) in [6, 6.07) is 3.46. The molecule has 4 nitrogen and oxygen atoms in total. The molecule has 1 aliphatic rings. The van der Waals surface area contributed by atoms with Gasteiger partial charge in [-0.2, -0.15) is 0 Å². The molecule has 1 aromatic rings. The van der Waals surface area contributed by atoms with Gasteiger partial charge in [0.1, 0.15) is 0 Å². The number of nitrogens with two attached hydrogens (primary N) is 1. The maximum absolute atomic E-state index is 11.8. The fourth-order valence-electron chi connectivity index (χ4n) is 1.83. The fourth-order valence-corrected chi connectivity index (χ4v) is 1.83. The summed E-state index contributed by atoms with van der Waals surface area (Å²) in [5.74, 6) is 0.898. The van der Waals surface area contributed by atoms with Crippen molar-refractivity contribution in [3.63, 3.8) is 0 Å². The van der Waals surface area contributed by atoms with Gasteiger partial charge >= 0.3 is 0 Å². The smallest absolute Gasteiger partial charge is 0.251 e. The third-order valence-electron chi connectivity index (χ3n) is 3.06. The van der Waals surface area contributed by atoms with Gasteiger partial charge in [-0.25, -0.2) is 0 Å². The number of carbonyl (C=O) groups is 1. The molecule has 1 aliphatic carbocycles. The molecule has 0 aromatic carbocycles. The number of nitrogens with one attached hydrogen (secondary N) is 1. The average Bonchev–Trinajstić information content (AvgIpc) is 3.18. The summed E-state index contributed by atoms with van der Waals surface area (Å²) in [5.41, 5.74) is 6.88. The average molecular weight is 233 g/mol. The number of rotatable bonds is 6. The first-order valence-corrected chi connectivity index (χ1v) is 6.23. The van der Waals surface area contributed by atoms with Gasteiger partial charge in [0.2, 0.25) is 0 Å². The number of carbonyl (C=O) groups excluding carboxylic acids is 1. The van der Waals surface area contributed by atoms with E-state index in [0.717, 1.165) is 24.6 Å². The number of hydrogen-bond donors (Lipinski definition) is 2. The molecule has 0 aliphatic heterocycles. The normalized spacial score (nSPS) is 14.6. The third kappa shape index (κ3) is 3.82. The first-order valence-electron chi connectivity index (χ1n) is 6.23. The molecule has 1 saturated carbocycles. The van der Waals surface area contributed by atoms with Crippen LogP contribution >= 0.6 is 0 Å². The van der Waals surface area contributed by atoms with Crippen molar-refractivity contribution in [3.05, 3.63) is 29.6 Å². The van der Waals surface area contributed by atoms with E-state index in [4.69, 9.17) is 5.73 Å². The van der Waals surface area contributed by atoms with Crippen molar-refractivity contribution in [2.75, 3.05) is 6.54 Å². The van der Waals surface area contributed by atoms with Crippen LogP contribution in [0.4, 0.5) is 0 Å². The van der Waals surface area contributed by atoms with Gasteiger partial charge in [0, 0.05) is 24.8 Å². The topological polar surface area (TPSA) is 68.0 Å². The van der Waals surface area contributed by atoms with E-state index in [1.807, 2.05) is 0 Å². The Morgan fingerprint density at radius 2 is 2.35 bits per heavy atom. The third-order valence-corrected chi connectivity index (χ3v) is 3.06. The SMILES string of the molecule is NCc1cc(C(=O)NCCCC2CC2)ccn1. The molecule has 92 valence electrons. The van der Waals surface area contributed by atoms with Crippen LogP contribution in [0.2, 0.25) is 0 Å². The summed E-state index contributed by atoms with van der Waals surface area (Å²) >= 11 is 0. The fraction of sp³-hybridized carbons (Fsp3) is 0.538. The predicted molar refractivity (Wildman–Crippen MR) is 66.4 cm³/mol. The second-order valence-corrected chi connectivity index (χ2v) is 4.58. The van der Waals surface area contributed by atoms with Gasteiger partial charge in [0.15, 0.2) is 0 Å². The minimum Gasteiger partial charge on any atom is -0.352 e. The summed E-state index contributed by atoms with van der Waals surface area (Å²) in [5, 5.41) is 2.93. The lowest BCUT2D eigenvalue weighted by atomic mass is 10.2. The van der Waals surface area contributed by atoms with E-state index in [1.165, 1.54) is 19.3 Å². The first kappa shape index (κ1) is 12.0. The van der Waals surface area contributed by atoms with Gasteiger partial charge in [-0.1, -0.05) is 12.8 Å². The summed E-state index contributed by atoms with van der Waals surface area (Å²) in [6.07, 6.45) is 6.69. The largest absolute Gasteiger partial charge is 0.352 e. The van der Waals surface area contributed by atoms with E-state index >= 15 is 0 Å². The van der Waals surface area contributed by atoms with Crippen molar-refractivity contribution in [2.45, 2.75) is 32.2 Å². The molecule has 4 heteroatoms. The van der Waals surface area contributed by atoms with Gasteiger partial charge in [0.05, 0.1) is 5.69 Å². The van der Waals surface area contributed by atoms with Gasteiger partial charge < -0.3 is 11.1 Å². The Kier molecular flexibility index (Phi) is 4.09. The Morgan fingerprint density at radius 3 is 3.06 bits per heavy atom. The van der Waals surface area contributed by atoms with Crippen LogP contribution in [0.3, 0.4) is 0 Å². The molecule has 2 rings (SSSR count). The first-order chi connectivity index (χ1) is 8.29. The van der Waals surface area contributed by atoms with Crippen molar-refractivity contribution in [1.82, 2.24) is 10.3 Å². The highest BCUT2D eigenvalue weighted by Crippen LogP contribution is 2.33. The van der Waals surface area contributed by atoms with Crippen molar-refractivity contribution in [1.29, 1.82) is 0 Å². The zero-order valence-corrected chi connectivity index (χ0v) is 9.98. The quantitative estimate of drug-likeness (QED) is 0.731. The van der Waals surface area contributed by atoms with Crippen LogP contribution in [0.1, 0.15) is 41.7 Å². The molecule has 0 spiro atoms. The zero-order valence-electron chi connectivity index (χ0n) is 9.98. The van der Waals surface area contributed by atoms with Crippen molar-refractivity contribution in [3.8, 4) is 0 Å². The van der Waals surface area contributed by atoms with Gasteiger partial charge in [-0.15, -0.1) is 0 Å². The summed E-state index contributed by atoms with van der Waals surface area (Å²) in [6.45, 7) is 1.12. The lowest BCUT2D eigenvalue weighted by Gasteiger charge is -2.05. The lowest BCUT2D eigenvalue weighted by Crippen LogP contribution is -2.24. The van der Waals surface area contributed by atoms with Crippen LogP contribution in [0.25, 0.3) is 0 Å².